The van der Waals surface area contributed by atoms with Crippen molar-refractivity contribution in [2.24, 2.45) is 0 Å². The first-order chi connectivity index (χ1) is 32.5. The summed E-state index contributed by atoms with van der Waals surface area (Å²) in [6.07, 6.45) is 64.5. The second kappa shape index (κ2) is 55.5. The van der Waals surface area contributed by atoms with Crippen LogP contribution in [0.15, 0.2) is 24.3 Å². The van der Waals surface area contributed by atoms with Gasteiger partial charge in [0.2, 0.25) is 0 Å². The molecule has 6 nitrogen and oxygen atoms in total. The zero-order chi connectivity index (χ0) is 47.9. The van der Waals surface area contributed by atoms with Crippen molar-refractivity contribution in [2.45, 2.75) is 329 Å². The highest BCUT2D eigenvalue weighted by Gasteiger charge is 2.19. The van der Waals surface area contributed by atoms with Crippen molar-refractivity contribution in [3.05, 3.63) is 24.3 Å². The van der Waals surface area contributed by atoms with Crippen LogP contribution in [0.5, 0.6) is 0 Å². The van der Waals surface area contributed by atoms with Crippen molar-refractivity contribution in [2.75, 3.05) is 13.2 Å². The van der Waals surface area contributed by atoms with Crippen LogP contribution in [0.2, 0.25) is 0 Å². The van der Waals surface area contributed by atoms with Crippen LogP contribution in [0.1, 0.15) is 323 Å². The lowest BCUT2D eigenvalue weighted by molar-refractivity contribution is -0.167. The fourth-order valence-electron chi connectivity index (χ4n) is 8.73. The van der Waals surface area contributed by atoms with E-state index in [4.69, 9.17) is 14.2 Å². The van der Waals surface area contributed by atoms with Crippen LogP contribution in [-0.4, -0.2) is 37.2 Å². The maximum atomic E-state index is 12.8. The average Bonchev–Trinajstić information content (AvgIpc) is 3.31. The Hall–Kier alpha value is -2.11. The summed E-state index contributed by atoms with van der Waals surface area (Å²) in [6, 6.07) is 0. The third-order valence-corrected chi connectivity index (χ3v) is 13.2. The van der Waals surface area contributed by atoms with Gasteiger partial charge < -0.3 is 14.2 Å². The van der Waals surface area contributed by atoms with Gasteiger partial charge in [-0.05, 0) is 70.6 Å². The van der Waals surface area contributed by atoms with Gasteiger partial charge in [0.15, 0.2) is 6.10 Å². The van der Waals surface area contributed by atoms with Crippen LogP contribution in [0.4, 0.5) is 0 Å². The molecule has 0 rings (SSSR count). The first-order valence-corrected chi connectivity index (χ1v) is 29.3. The number of allylic oxidation sites excluding steroid dienone is 4. The van der Waals surface area contributed by atoms with E-state index in [9.17, 15) is 14.4 Å². The topological polar surface area (TPSA) is 78.9 Å². The van der Waals surface area contributed by atoms with E-state index in [0.29, 0.717) is 19.3 Å². The third kappa shape index (κ3) is 52.9. The van der Waals surface area contributed by atoms with E-state index in [2.05, 4.69) is 45.1 Å². The molecule has 0 fully saturated rings. The Morgan fingerprint density at radius 1 is 0.288 bits per heavy atom. The molecular weight excluding hydrogens is 817 g/mol. The molecule has 0 spiro atoms. The Labute approximate surface area is 411 Å². The van der Waals surface area contributed by atoms with Crippen molar-refractivity contribution in [1.82, 2.24) is 0 Å². The number of carbonyl (C=O) groups excluding carboxylic acids is 3. The van der Waals surface area contributed by atoms with Crippen LogP contribution in [-0.2, 0) is 28.6 Å². The Morgan fingerprint density at radius 2 is 0.500 bits per heavy atom. The molecule has 0 heterocycles. The summed E-state index contributed by atoms with van der Waals surface area (Å²) in [7, 11) is 0. The van der Waals surface area contributed by atoms with Crippen LogP contribution < -0.4 is 0 Å². The van der Waals surface area contributed by atoms with Crippen LogP contribution in [0.25, 0.3) is 0 Å². The van der Waals surface area contributed by atoms with Gasteiger partial charge in [0.05, 0.1) is 0 Å². The monoisotopic (exact) mass is 929 g/mol. The van der Waals surface area contributed by atoms with Crippen molar-refractivity contribution in [1.29, 1.82) is 0 Å². The zero-order valence-electron chi connectivity index (χ0n) is 44.5. The van der Waals surface area contributed by atoms with Crippen molar-refractivity contribution >= 4 is 17.9 Å². The molecule has 388 valence electrons. The highest BCUT2D eigenvalue weighted by Crippen LogP contribution is 2.17. The average molecular weight is 930 g/mol. The highest BCUT2D eigenvalue weighted by atomic mass is 16.6. The Morgan fingerprint density at radius 3 is 0.758 bits per heavy atom. The van der Waals surface area contributed by atoms with E-state index in [1.54, 1.807) is 0 Å². The van der Waals surface area contributed by atoms with E-state index in [-0.39, 0.29) is 31.1 Å². The molecule has 0 bridgehead atoms. The van der Waals surface area contributed by atoms with E-state index >= 15 is 0 Å². The fraction of sp³-hybridized carbons (Fsp3) is 0.883. The molecule has 0 saturated heterocycles. The van der Waals surface area contributed by atoms with E-state index in [1.165, 1.54) is 212 Å². The van der Waals surface area contributed by atoms with E-state index < -0.39 is 6.10 Å². The highest BCUT2D eigenvalue weighted by molar-refractivity contribution is 5.71. The predicted molar refractivity (Wildman–Crippen MR) is 284 cm³/mol. The molecule has 1 atom stereocenters. The summed E-state index contributed by atoms with van der Waals surface area (Å²) < 4.78 is 16.9. The second-order valence-corrected chi connectivity index (χ2v) is 19.9. The van der Waals surface area contributed by atoms with Gasteiger partial charge >= 0.3 is 17.9 Å². The first kappa shape index (κ1) is 63.9. The van der Waals surface area contributed by atoms with Gasteiger partial charge in [0.1, 0.15) is 13.2 Å². The summed E-state index contributed by atoms with van der Waals surface area (Å²) in [5, 5.41) is 0. The number of esters is 3. The number of ether oxygens (including phenoxy) is 3. The maximum absolute atomic E-state index is 12.8. The van der Waals surface area contributed by atoms with Crippen molar-refractivity contribution in [3.63, 3.8) is 0 Å². The summed E-state index contributed by atoms with van der Waals surface area (Å²) in [6.45, 7) is 6.67. The number of unbranched alkanes of at least 4 members (excludes halogenated alkanes) is 39. The summed E-state index contributed by atoms with van der Waals surface area (Å²) in [5.74, 6) is -0.869. The molecule has 66 heavy (non-hydrogen) atoms. The van der Waals surface area contributed by atoms with Crippen LogP contribution >= 0.6 is 0 Å². The van der Waals surface area contributed by atoms with Crippen LogP contribution in [0.3, 0.4) is 0 Å². The molecule has 0 N–H and O–H groups in total. The van der Waals surface area contributed by atoms with Crippen LogP contribution in [0, 0.1) is 0 Å². The molecule has 0 aliphatic rings. The minimum Gasteiger partial charge on any atom is -0.462 e. The van der Waals surface area contributed by atoms with Gasteiger partial charge in [-0.25, -0.2) is 0 Å². The number of carbonyl (C=O) groups is 3. The minimum absolute atomic E-state index is 0.0727. The zero-order valence-corrected chi connectivity index (χ0v) is 44.5. The number of hydrogen-bond acceptors (Lipinski definition) is 6. The first-order valence-electron chi connectivity index (χ1n) is 29.3. The molecule has 0 saturated carbocycles. The second-order valence-electron chi connectivity index (χ2n) is 19.9. The Kier molecular flexibility index (Phi) is 53.7. The van der Waals surface area contributed by atoms with Gasteiger partial charge in [-0.15, -0.1) is 0 Å². The lowest BCUT2D eigenvalue weighted by atomic mass is 10.0. The van der Waals surface area contributed by atoms with Gasteiger partial charge in [-0.3, -0.25) is 14.4 Å². The standard InChI is InChI=1S/C60H112O6/c1-4-7-10-13-16-19-22-25-28-30-33-35-38-41-44-47-50-53-59(62)65-56-57(55-64-58(61)52-49-46-43-40-37-34-31-27-24-21-18-15-12-9-6-3)66-60(63)54-51-48-45-42-39-36-32-29-26-23-20-17-14-11-8-5-2/h27,29,31-32,57H,4-26,28,30,33-56H2,1-3H3/b31-27-,32-29-. The molecule has 0 aromatic heterocycles. The molecule has 6 heteroatoms. The van der Waals surface area contributed by atoms with Gasteiger partial charge in [-0.2, -0.15) is 0 Å². The molecular formula is C60H112O6. The Bertz CT molecular complexity index is 1070. The Balaban J connectivity index is 4.35. The lowest BCUT2D eigenvalue weighted by Crippen LogP contribution is -2.30. The van der Waals surface area contributed by atoms with E-state index in [0.717, 1.165) is 70.6 Å². The molecule has 0 aliphatic carbocycles. The molecule has 0 aromatic rings. The largest absolute Gasteiger partial charge is 0.462 e. The normalized spacial score (nSPS) is 12.1. The quantitative estimate of drug-likeness (QED) is 0.0262. The number of rotatable bonds is 54. The summed E-state index contributed by atoms with van der Waals surface area (Å²) >= 11 is 0. The maximum Gasteiger partial charge on any atom is 0.306 e. The summed E-state index contributed by atoms with van der Waals surface area (Å²) in [4.78, 5) is 38.2. The lowest BCUT2D eigenvalue weighted by Gasteiger charge is -2.18. The van der Waals surface area contributed by atoms with Gasteiger partial charge in [-0.1, -0.05) is 257 Å². The molecule has 0 radical (unpaired) electrons. The van der Waals surface area contributed by atoms with Crippen molar-refractivity contribution in [3.8, 4) is 0 Å². The molecule has 0 aromatic carbocycles. The predicted octanol–water partition coefficient (Wildman–Crippen LogP) is 19.5. The van der Waals surface area contributed by atoms with Gasteiger partial charge in [0.25, 0.3) is 0 Å². The minimum atomic E-state index is -0.775. The smallest absolute Gasteiger partial charge is 0.306 e. The molecule has 1 unspecified atom stereocenters. The number of hydrogen-bond donors (Lipinski definition) is 0. The third-order valence-electron chi connectivity index (χ3n) is 13.2. The summed E-state index contributed by atoms with van der Waals surface area (Å²) in [5.41, 5.74) is 0. The fourth-order valence-corrected chi connectivity index (χ4v) is 8.73. The van der Waals surface area contributed by atoms with Crippen molar-refractivity contribution < 1.29 is 28.6 Å². The molecule has 0 amide bonds. The van der Waals surface area contributed by atoms with E-state index in [1.807, 2.05) is 0 Å². The SMILES string of the molecule is CCCCCCCC/C=C\CCCCCCCC(=O)OCC(COC(=O)CCCCCCCCCCCCCCCCCCC)OC(=O)CCCCCCC/C=C\CCCCCCCCC. The van der Waals surface area contributed by atoms with Gasteiger partial charge in [0, 0.05) is 19.3 Å². The molecule has 0 aliphatic heterocycles.